The van der Waals surface area contributed by atoms with E-state index in [9.17, 15) is 0 Å². The van der Waals surface area contributed by atoms with Gasteiger partial charge in [0.1, 0.15) is 4.83 Å². The molecule has 0 amide bonds. The zero-order valence-electron chi connectivity index (χ0n) is 12.0. The Bertz CT molecular complexity index is 780. The van der Waals surface area contributed by atoms with Crippen LogP contribution in [0.2, 0.25) is 5.28 Å². The van der Waals surface area contributed by atoms with Gasteiger partial charge in [-0.15, -0.1) is 11.3 Å². The normalized spacial score (nSPS) is 11.5. The molecule has 0 aliphatic rings. The van der Waals surface area contributed by atoms with E-state index in [-0.39, 0.29) is 11.3 Å². The molecule has 0 radical (unpaired) electrons. The summed E-state index contributed by atoms with van der Waals surface area (Å²) >= 11 is 7.59. The predicted octanol–water partition coefficient (Wildman–Crippen LogP) is 4.48. The second-order valence-corrected chi connectivity index (χ2v) is 6.39. The molecule has 21 heavy (non-hydrogen) atoms. The number of aryl methyl sites for hydroxylation is 1. The third-order valence-electron chi connectivity index (χ3n) is 3.05. The molecule has 0 spiro atoms. The average molecular weight is 323 g/mol. The minimum absolute atomic E-state index is 0.193. The summed E-state index contributed by atoms with van der Waals surface area (Å²) in [5.41, 5.74) is 0. The number of fused-ring (bicyclic) bond motifs is 1. The fourth-order valence-electron chi connectivity index (χ4n) is 1.94. The van der Waals surface area contributed by atoms with Crippen molar-refractivity contribution in [2.24, 2.45) is 0 Å². The summed E-state index contributed by atoms with van der Waals surface area (Å²) < 4.78 is 7.68. The molecule has 0 bridgehead atoms. The zero-order valence-corrected chi connectivity index (χ0v) is 13.6. The smallest absolute Gasteiger partial charge is 0.232 e. The van der Waals surface area contributed by atoms with Gasteiger partial charge in [0.2, 0.25) is 11.2 Å². The van der Waals surface area contributed by atoms with E-state index in [1.807, 2.05) is 10.9 Å². The Morgan fingerprint density at radius 2 is 2.19 bits per heavy atom. The van der Waals surface area contributed by atoms with Crippen molar-refractivity contribution >= 4 is 33.2 Å². The van der Waals surface area contributed by atoms with Crippen LogP contribution in [0.25, 0.3) is 10.2 Å². The summed E-state index contributed by atoms with van der Waals surface area (Å²) in [4.78, 5) is 10.5. The van der Waals surface area contributed by atoms with Crippen LogP contribution in [0, 0.1) is 0 Å². The van der Waals surface area contributed by atoms with E-state index in [1.54, 1.807) is 17.5 Å². The summed E-state index contributed by atoms with van der Waals surface area (Å²) in [6, 6.07) is 2.34. The van der Waals surface area contributed by atoms with Crippen LogP contribution in [0.1, 0.15) is 31.7 Å². The lowest BCUT2D eigenvalue weighted by Gasteiger charge is -2.04. The lowest BCUT2D eigenvalue weighted by molar-refractivity contribution is 0.464. The molecule has 0 aliphatic carbocycles. The van der Waals surface area contributed by atoms with Crippen molar-refractivity contribution in [2.45, 2.75) is 33.2 Å². The minimum atomic E-state index is 0.193. The molecule has 110 valence electrons. The van der Waals surface area contributed by atoms with Crippen LogP contribution in [0.3, 0.4) is 0 Å². The summed E-state index contributed by atoms with van der Waals surface area (Å²) in [5, 5.41) is 5.33. The molecular weight excluding hydrogens is 308 g/mol. The highest BCUT2D eigenvalue weighted by atomic mass is 35.5. The topological polar surface area (TPSA) is 52.8 Å². The van der Waals surface area contributed by atoms with Gasteiger partial charge in [-0.25, -0.2) is 4.98 Å². The van der Waals surface area contributed by atoms with Gasteiger partial charge in [-0.05, 0) is 37.9 Å². The van der Waals surface area contributed by atoms with Crippen LogP contribution >= 0.6 is 22.9 Å². The Morgan fingerprint density at radius 1 is 1.38 bits per heavy atom. The number of hydrogen-bond acceptors (Lipinski definition) is 5. The molecule has 3 aromatic heterocycles. The molecule has 0 atom stereocenters. The molecule has 7 heteroatoms. The highest BCUT2D eigenvalue weighted by molar-refractivity contribution is 7.18. The monoisotopic (exact) mass is 322 g/mol. The highest BCUT2D eigenvalue weighted by Gasteiger charge is 2.13. The van der Waals surface area contributed by atoms with Crippen LogP contribution in [0.15, 0.2) is 18.5 Å². The van der Waals surface area contributed by atoms with Crippen molar-refractivity contribution in [2.75, 3.05) is 0 Å². The Labute approximate surface area is 131 Å². The molecule has 0 fully saturated rings. The first-order chi connectivity index (χ1) is 10.1. The summed E-state index contributed by atoms with van der Waals surface area (Å²) in [6.07, 6.45) is 4.47. The van der Waals surface area contributed by atoms with Crippen LogP contribution in [0.5, 0.6) is 11.6 Å². The number of nitrogens with zero attached hydrogens (tertiary/aromatic N) is 4. The average Bonchev–Trinajstić information content (AvgIpc) is 3.04. The van der Waals surface area contributed by atoms with E-state index < -0.39 is 0 Å². The zero-order chi connectivity index (χ0) is 15.0. The summed E-state index contributed by atoms with van der Waals surface area (Å²) in [6.45, 7) is 6.22. The van der Waals surface area contributed by atoms with Crippen molar-refractivity contribution in [3.05, 3.63) is 28.6 Å². The van der Waals surface area contributed by atoms with E-state index in [0.717, 1.165) is 16.6 Å². The quantitative estimate of drug-likeness (QED) is 0.665. The molecule has 0 aromatic carbocycles. The van der Waals surface area contributed by atoms with Gasteiger partial charge in [-0.2, -0.15) is 10.1 Å². The number of hydrogen-bond donors (Lipinski definition) is 0. The number of thiophene rings is 1. The van der Waals surface area contributed by atoms with Gasteiger partial charge >= 0.3 is 0 Å². The maximum Gasteiger partial charge on any atom is 0.232 e. The molecule has 0 aliphatic heterocycles. The van der Waals surface area contributed by atoms with Crippen molar-refractivity contribution in [3.63, 3.8) is 0 Å². The predicted molar refractivity (Wildman–Crippen MR) is 84.5 cm³/mol. The van der Waals surface area contributed by atoms with Gasteiger partial charge < -0.3 is 4.74 Å². The molecule has 3 heterocycles. The minimum Gasteiger partial charge on any atom is -0.435 e. The first kappa shape index (κ1) is 14.3. The van der Waals surface area contributed by atoms with Crippen molar-refractivity contribution < 1.29 is 4.74 Å². The Balaban J connectivity index is 2.00. The molecule has 0 saturated carbocycles. The highest BCUT2D eigenvalue weighted by Crippen LogP contribution is 2.34. The van der Waals surface area contributed by atoms with Gasteiger partial charge in [-0.1, -0.05) is 6.92 Å². The maximum absolute atomic E-state index is 5.98. The number of halogens is 1. The number of aromatic nitrogens is 4. The van der Waals surface area contributed by atoms with E-state index in [2.05, 4.69) is 41.9 Å². The maximum atomic E-state index is 5.98. The fraction of sp³-hybridized carbons (Fsp3) is 0.357. The first-order valence-corrected chi connectivity index (χ1v) is 7.94. The van der Waals surface area contributed by atoms with E-state index in [4.69, 9.17) is 16.3 Å². The van der Waals surface area contributed by atoms with Crippen molar-refractivity contribution in [1.29, 1.82) is 0 Å². The Hall–Kier alpha value is -1.66. The SMILES string of the molecule is CCc1cc2c(Oc3cnn(C(C)C)c3)nc(Cl)nc2s1. The molecular formula is C14H15ClN4OS. The third kappa shape index (κ3) is 2.87. The second kappa shape index (κ2) is 5.61. The molecule has 3 rings (SSSR count). The number of ether oxygens (including phenoxy) is 1. The summed E-state index contributed by atoms with van der Waals surface area (Å²) in [7, 11) is 0. The molecule has 5 nitrogen and oxygen atoms in total. The van der Waals surface area contributed by atoms with E-state index in [0.29, 0.717) is 11.6 Å². The standard InChI is InChI=1S/C14H15ClN4OS/c1-4-10-5-11-12(17-14(15)18-13(11)21-10)20-9-6-16-19(7-9)8(2)3/h5-8H,4H2,1-3H3. The van der Waals surface area contributed by atoms with Crippen molar-refractivity contribution in [1.82, 2.24) is 19.7 Å². The van der Waals surface area contributed by atoms with Crippen molar-refractivity contribution in [3.8, 4) is 11.6 Å². The van der Waals surface area contributed by atoms with Gasteiger partial charge in [0, 0.05) is 10.9 Å². The number of rotatable bonds is 4. The van der Waals surface area contributed by atoms with Gasteiger partial charge in [-0.3, -0.25) is 4.68 Å². The van der Waals surface area contributed by atoms with Gasteiger partial charge in [0.15, 0.2) is 5.75 Å². The van der Waals surface area contributed by atoms with E-state index >= 15 is 0 Å². The fourth-order valence-corrected chi connectivity index (χ4v) is 3.11. The Kier molecular flexibility index (Phi) is 3.82. The van der Waals surface area contributed by atoms with Crippen LogP contribution < -0.4 is 4.74 Å². The second-order valence-electron chi connectivity index (χ2n) is 4.93. The molecule has 0 N–H and O–H groups in total. The van der Waals surface area contributed by atoms with Crippen LogP contribution in [-0.4, -0.2) is 19.7 Å². The Morgan fingerprint density at radius 3 is 2.86 bits per heavy atom. The lowest BCUT2D eigenvalue weighted by Crippen LogP contribution is -1.99. The van der Waals surface area contributed by atoms with Crippen LogP contribution in [0.4, 0.5) is 0 Å². The van der Waals surface area contributed by atoms with Gasteiger partial charge in [0.25, 0.3) is 0 Å². The van der Waals surface area contributed by atoms with Gasteiger partial charge in [0.05, 0.1) is 17.8 Å². The first-order valence-electron chi connectivity index (χ1n) is 6.74. The third-order valence-corrected chi connectivity index (χ3v) is 4.39. The van der Waals surface area contributed by atoms with E-state index in [1.165, 1.54) is 4.88 Å². The summed E-state index contributed by atoms with van der Waals surface area (Å²) in [5.74, 6) is 1.12. The van der Waals surface area contributed by atoms with Crippen LogP contribution in [-0.2, 0) is 6.42 Å². The molecule has 0 saturated heterocycles. The lowest BCUT2D eigenvalue weighted by atomic mass is 10.3. The molecule has 0 unspecified atom stereocenters. The largest absolute Gasteiger partial charge is 0.435 e. The molecule has 3 aromatic rings.